The minimum Gasteiger partial charge on any atom is -0.353 e. The first-order chi connectivity index (χ1) is 8.24. The van der Waals surface area contributed by atoms with Crippen molar-refractivity contribution < 1.29 is 4.79 Å². The Morgan fingerprint density at radius 2 is 1.94 bits per heavy atom. The molecule has 0 aromatic rings. The van der Waals surface area contributed by atoms with E-state index in [2.05, 4.69) is 10.2 Å². The number of amides is 1. The van der Waals surface area contributed by atoms with Crippen LogP contribution in [0.4, 0.5) is 0 Å². The third-order valence-corrected chi connectivity index (χ3v) is 3.36. The number of hydrogen-bond acceptors (Lipinski definition) is 3. The van der Waals surface area contributed by atoms with Crippen LogP contribution in [0.25, 0.3) is 0 Å². The SMILES string of the molecule is CCC[C@@H](N)C(=O)NCCN1CCCCCC1. The van der Waals surface area contributed by atoms with Gasteiger partial charge in [0.2, 0.25) is 5.91 Å². The van der Waals surface area contributed by atoms with E-state index in [1.54, 1.807) is 0 Å². The molecule has 1 aliphatic heterocycles. The van der Waals surface area contributed by atoms with Crippen molar-refractivity contribution in [2.24, 2.45) is 5.73 Å². The highest BCUT2D eigenvalue weighted by Gasteiger charge is 2.12. The standard InChI is InChI=1S/C13H27N3O/c1-2-7-12(14)13(17)15-8-11-16-9-5-3-4-6-10-16/h12H,2-11,14H2,1H3,(H,15,17)/t12-/m1/s1. The summed E-state index contributed by atoms with van der Waals surface area (Å²) in [5.74, 6) is 0.00155. The first-order valence-electron chi connectivity index (χ1n) is 6.99. The highest BCUT2D eigenvalue weighted by atomic mass is 16.2. The number of nitrogens with one attached hydrogen (secondary N) is 1. The molecule has 1 amide bonds. The van der Waals surface area contributed by atoms with Gasteiger partial charge in [0.15, 0.2) is 0 Å². The Bertz CT molecular complexity index is 213. The average molecular weight is 241 g/mol. The summed E-state index contributed by atoms with van der Waals surface area (Å²) in [6.45, 7) is 6.10. The lowest BCUT2D eigenvalue weighted by Gasteiger charge is -2.20. The number of hydrogen-bond donors (Lipinski definition) is 2. The lowest BCUT2D eigenvalue weighted by Crippen LogP contribution is -2.43. The molecule has 100 valence electrons. The van der Waals surface area contributed by atoms with E-state index in [-0.39, 0.29) is 11.9 Å². The van der Waals surface area contributed by atoms with Crippen LogP contribution in [-0.2, 0) is 4.79 Å². The van der Waals surface area contributed by atoms with Crippen molar-refractivity contribution in [1.82, 2.24) is 10.2 Å². The molecule has 0 saturated carbocycles. The summed E-state index contributed by atoms with van der Waals surface area (Å²) in [6, 6.07) is -0.330. The van der Waals surface area contributed by atoms with Crippen LogP contribution >= 0.6 is 0 Å². The van der Waals surface area contributed by atoms with Crippen LogP contribution in [0.15, 0.2) is 0 Å². The molecule has 0 bridgehead atoms. The fraction of sp³-hybridized carbons (Fsp3) is 0.923. The summed E-state index contributed by atoms with van der Waals surface area (Å²) in [4.78, 5) is 14.0. The molecule has 3 N–H and O–H groups in total. The Morgan fingerprint density at radius 3 is 2.53 bits per heavy atom. The number of nitrogens with zero attached hydrogens (tertiary/aromatic N) is 1. The fourth-order valence-corrected chi connectivity index (χ4v) is 2.27. The number of rotatable bonds is 6. The number of carbonyl (C=O) groups excluding carboxylic acids is 1. The zero-order valence-electron chi connectivity index (χ0n) is 11.1. The average Bonchev–Trinajstić information content (AvgIpc) is 2.58. The molecule has 1 saturated heterocycles. The van der Waals surface area contributed by atoms with Crippen molar-refractivity contribution >= 4 is 5.91 Å². The molecule has 1 fully saturated rings. The summed E-state index contributed by atoms with van der Waals surface area (Å²) >= 11 is 0. The van der Waals surface area contributed by atoms with Crippen LogP contribution in [0, 0.1) is 0 Å². The van der Waals surface area contributed by atoms with Gasteiger partial charge in [0, 0.05) is 13.1 Å². The third-order valence-electron chi connectivity index (χ3n) is 3.36. The normalized spacial score (nSPS) is 19.6. The quantitative estimate of drug-likeness (QED) is 0.732. The highest BCUT2D eigenvalue weighted by Crippen LogP contribution is 2.08. The van der Waals surface area contributed by atoms with Crippen molar-refractivity contribution in [3.8, 4) is 0 Å². The molecule has 0 aromatic carbocycles. The van der Waals surface area contributed by atoms with E-state index in [4.69, 9.17) is 5.73 Å². The molecule has 1 atom stereocenters. The van der Waals surface area contributed by atoms with Gasteiger partial charge in [0.05, 0.1) is 6.04 Å². The van der Waals surface area contributed by atoms with Crippen molar-refractivity contribution in [1.29, 1.82) is 0 Å². The summed E-state index contributed by atoms with van der Waals surface area (Å²) in [6.07, 6.45) is 7.03. The maximum atomic E-state index is 11.6. The molecule has 0 aromatic heterocycles. The van der Waals surface area contributed by atoms with E-state index >= 15 is 0 Å². The molecule has 1 rings (SSSR count). The fourth-order valence-electron chi connectivity index (χ4n) is 2.27. The predicted octanol–water partition coefficient (Wildman–Crippen LogP) is 1.11. The third kappa shape index (κ3) is 6.03. The van der Waals surface area contributed by atoms with Gasteiger partial charge in [0.25, 0.3) is 0 Å². The van der Waals surface area contributed by atoms with Crippen LogP contribution in [0.5, 0.6) is 0 Å². The van der Waals surface area contributed by atoms with Gasteiger partial charge in [-0.15, -0.1) is 0 Å². The van der Waals surface area contributed by atoms with E-state index < -0.39 is 0 Å². The second-order valence-corrected chi connectivity index (χ2v) is 4.94. The van der Waals surface area contributed by atoms with Gasteiger partial charge in [0.1, 0.15) is 0 Å². The van der Waals surface area contributed by atoms with E-state index in [0.717, 1.165) is 25.9 Å². The second kappa shape index (κ2) is 8.48. The smallest absolute Gasteiger partial charge is 0.236 e. The van der Waals surface area contributed by atoms with Crippen molar-refractivity contribution in [3.05, 3.63) is 0 Å². The van der Waals surface area contributed by atoms with Crippen LogP contribution in [-0.4, -0.2) is 43.0 Å². The van der Waals surface area contributed by atoms with E-state index in [1.165, 1.54) is 38.8 Å². The van der Waals surface area contributed by atoms with Gasteiger partial charge in [-0.2, -0.15) is 0 Å². The van der Waals surface area contributed by atoms with Gasteiger partial charge < -0.3 is 16.0 Å². The Morgan fingerprint density at radius 1 is 1.29 bits per heavy atom. The Kier molecular flexibility index (Phi) is 7.21. The Balaban J connectivity index is 2.11. The number of likely N-dealkylation sites (tertiary alicyclic amines) is 1. The van der Waals surface area contributed by atoms with Crippen molar-refractivity contribution in [2.45, 2.75) is 51.5 Å². The number of carbonyl (C=O) groups is 1. The molecule has 1 heterocycles. The molecule has 17 heavy (non-hydrogen) atoms. The molecule has 0 radical (unpaired) electrons. The maximum absolute atomic E-state index is 11.6. The molecule has 0 unspecified atom stereocenters. The number of nitrogens with two attached hydrogens (primary N) is 1. The summed E-state index contributed by atoms with van der Waals surface area (Å²) in [5.41, 5.74) is 5.75. The molecule has 1 aliphatic rings. The lowest BCUT2D eigenvalue weighted by molar-refractivity contribution is -0.122. The minimum absolute atomic E-state index is 0.00155. The molecule has 4 nitrogen and oxygen atoms in total. The van der Waals surface area contributed by atoms with Gasteiger partial charge in [-0.25, -0.2) is 0 Å². The molecular weight excluding hydrogens is 214 g/mol. The monoisotopic (exact) mass is 241 g/mol. The highest BCUT2D eigenvalue weighted by molar-refractivity contribution is 5.81. The van der Waals surface area contributed by atoms with Crippen LogP contribution in [0.3, 0.4) is 0 Å². The van der Waals surface area contributed by atoms with Gasteiger partial charge in [-0.05, 0) is 32.4 Å². The first-order valence-corrected chi connectivity index (χ1v) is 6.99. The van der Waals surface area contributed by atoms with Crippen LogP contribution < -0.4 is 11.1 Å². The van der Waals surface area contributed by atoms with E-state index in [1.807, 2.05) is 6.92 Å². The molecule has 0 aliphatic carbocycles. The van der Waals surface area contributed by atoms with Crippen molar-refractivity contribution in [2.75, 3.05) is 26.2 Å². The van der Waals surface area contributed by atoms with E-state index in [9.17, 15) is 4.79 Å². The van der Waals surface area contributed by atoms with E-state index in [0.29, 0.717) is 0 Å². The van der Waals surface area contributed by atoms with Gasteiger partial charge in [-0.3, -0.25) is 4.79 Å². The van der Waals surface area contributed by atoms with Gasteiger partial charge in [-0.1, -0.05) is 26.2 Å². The summed E-state index contributed by atoms with van der Waals surface area (Å²) < 4.78 is 0. The van der Waals surface area contributed by atoms with Gasteiger partial charge >= 0.3 is 0 Å². The summed E-state index contributed by atoms with van der Waals surface area (Å²) in [7, 11) is 0. The Labute approximate surface area is 105 Å². The Hall–Kier alpha value is -0.610. The minimum atomic E-state index is -0.330. The molecule has 4 heteroatoms. The lowest BCUT2D eigenvalue weighted by atomic mass is 10.2. The predicted molar refractivity (Wildman–Crippen MR) is 70.8 cm³/mol. The zero-order chi connectivity index (χ0) is 12.5. The largest absolute Gasteiger partial charge is 0.353 e. The van der Waals surface area contributed by atoms with Crippen LogP contribution in [0.1, 0.15) is 45.4 Å². The molecular formula is C13H27N3O. The molecule has 0 spiro atoms. The summed E-state index contributed by atoms with van der Waals surface area (Å²) in [5, 5.41) is 2.93. The van der Waals surface area contributed by atoms with Crippen molar-refractivity contribution in [3.63, 3.8) is 0 Å². The zero-order valence-corrected chi connectivity index (χ0v) is 11.1. The first kappa shape index (κ1) is 14.5. The second-order valence-electron chi connectivity index (χ2n) is 4.94. The maximum Gasteiger partial charge on any atom is 0.236 e. The topological polar surface area (TPSA) is 58.4 Å². The van der Waals surface area contributed by atoms with Crippen LogP contribution in [0.2, 0.25) is 0 Å².